The van der Waals surface area contributed by atoms with E-state index in [0.29, 0.717) is 31.0 Å². The number of aryl methyl sites for hydroxylation is 1. The van der Waals surface area contributed by atoms with E-state index in [9.17, 15) is 18.8 Å². The van der Waals surface area contributed by atoms with Crippen LogP contribution in [-0.2, 0) is 20.5 Å². The number of carbonyl (C=O) groups is 1. The quantitative estimate of drug-likeness (QED) is 0.563. The van der Waals surface area contributed by atoms with Gasteiger partial charge in [-0.25, -0.2) is 9.18 Å². The number of benzene rings is 1. The normalized spacial score (nSPS) is 11.1. The van der Waals surface area contributed by atoms with Crippen LogP contribution < -0.4 is 16.0 Å². The topological polar surface area (TPSA) is 73.5 Å². The molecule has 0 aliphatic heterocycles. The van der Waals surface area contributed by atoms with Crippen LogP contribution in [-0.4, -0.2) is 46.1 Å². The van der Waals surface area contributed by atoms with Gasteiger partial charge < -0.3 is 14.2 Å². The summed E-state index contributed by atoms with van der Waals surface area (Å²) in [6.07, 6.45) is 1.40. The van der Waals surface area contributed by atoms with Crippen molar-refractivity contribution < 1.29 is 13.9 Å². The lowest BCUT2D eigenvalue weighted by Gasteiger charge is -2.21. The zero-order chi connectivity index (χ0) is 21.6. The lowest BCUT2D eigenvalue weighted by atomic mass is 10.1. The van der Waals surface area contributed by atoms with Crippen molar-refractivity contribution in [2.45, 2.75) is 26.7 Å². The number of carbonyl (C=O) groups excluding carboxylic acids is 1. The molecular formula is C21H28FN3O4. The van der Waals surface area contributed by atoms with Crippen LogP contribution in [0.1, 0.15) is 36.3 Å². The number of rotatable bonds is 10. The van der Waals surface area contributed by atoms with Gasteiger partial charge in [0.2, 0.25) is 0 Å². The molecule has 158 valence electrons. The maximum absolute atomic E-state index is 13.3. The van der Waals surface area contributed by atoms with E-state index in [1.807, 2.05) is 6.92 Å². The maximum atomic E-state index is 13.3. The molecule has 0 spiro atoms. The minimum atomic E-state index is -0.470. The summed E-state index contributed by atoms with van der Waals surface area (Å²) in [6, 6.07) is 5.43. The highest BCUT2D eigenvalue weighted by molar-refractivity contribution is 5.96. The number of halogens is 1. The number of ether oxygens (including phenoxy) is 1. The van der Waals surface area contributed by atoms with Gasteiger partial charge in [0.15, 0.2) is 5.78 Å². The Kier molecular flexibility index (Phi) is 7.90. The predicted octanol–water partition coefficient (Wildman–Crippen LogP) is 1.76. The molecule has 0 N–H and O–H groups in total. The molecule has 0 radical (unpaired) electrons. The summed E-state index contributed by atoms with van der Waals surface area (Å²) < 4.78 is 21.6. The summed E-state index contributed by atoms with van der Waals surface area (Å²) in [5.41, 5.74) is 0.320. The smallest absolute Gasteiger partial charge is 0.330 e. The molecule has 8 heteroatoms. The van der Waals surface area contributed by atoms with E-state index < -0.39 is 5.82 Å². The molecule has 1 heterocycles. The number of likely N-dealkylation sites (N-methyl/N-ethyl adjacent to an activating group) is 1. The molecular weight excluding hydrogens is 377 g/mol. The van der Waals surface area contributed by atoms with Crippen molar-refractivity contribution in [2.24, 2.45) is 14.1 Å². The van der Waals surface area contributed by atoms with Crippen LogP contribution >= 0.6 is 0 Å². The molecule has 0 unspecified atom stereocenters. The van der Waals surface area contributed by atoms with Gasteiger partial charge in [-0.15, -0.1) is 0 Å². The van der Waals surface area contributed by atoms with Crippen molar-refractivity contribution in [3.8, 4) is 5.75 Å². The highest BCUT2D eigenvalue weighted by Crippen LogP contribution is 2.20. The standard InChI is InChI=1S/C21H28FN3O4/c1-5-25(10-6-7-17-14-20(27)24(4)21(28)23(17)3)11-12-29-19-9-8-16(22)13-18(19)15(2)26/h8-9,13-14H,5-7,10-12H2,1-4H3. The monoisotopic (exact) mass is 405 g/mol. The van der Waals surface area contributed by atoms with Crippen molar-refractivity contribution in [3.05, 3.63) is 62.2 Å². The summed E-state index contributed by atoms with van der Waals surface area (Å²) in [7, 11) is 3.13. The van der Waals surface area contributed by atoms with Gasteiger partial charge in [-0.05, 0) is 51.1 Å². The zero-order valence-corrected chi connectivity index (χ0v) is 17.4. The van der Waals surface area contributed by atoms with Crippen LogP contribution in [0, 0.1) is 5.82 Å². The van der Waals surface area contributed by atoms with Gasteiger partial charge in [-0.1, -0.05) is 6.92 Å². The summed E-state index contributed by atoms with van der Waals surface area (Å²) in [6.45, 7) is 6.00. The summed E-state index contributed by atoms with van der Waals surface area (Å²) in [5.74, 6) is -0.334. The zero-order valence-electron chi connectivity index (χ0n) is 17.4. The van der Waals surface area contributed by atoms with E-state index in [1.165, 1.54) is 42.8 Å². The van der Waals surface area contributed by atoms with Crippen LogP contribution in [0.3, 0.4) is 0 Å². The molecule has 0 fully saturated rings. The van der Waals surface area contributed by atoms with Gasteiger partial charge in [0.1, 0.15) is 18.2 Å². The van der Waals surface area contributed by atoms with Gasteiger partial charge in [0.25, 0.3) is 5.56 Å². The summed E-state index contributed by atoms with van der Waals surface area (Å²) >= 11 is 0. The molecule has 2 aromatic rings. The average molecular weight is 405 g/mol. The molecule has 0 atom stereocenters. The van der Waals surface area contributed by atoms with Crippen LogP contribution in [0.5, 0.6) is 5.75 Å². The molecule has 0 bridgehead atoms. The molecule has 0 saturated carbocycles. The second kappa shape index (κ2) is 10.2. The fourth-order valence-electron chi connectivity index (χ4n) is 3.12. The Bertz CT molecular complexity index is 981. The molecule has 1 aromatic carbocycles. The van der Waals surface area contributed by atoms with E-state index in [-0.39, 0.29) is 22.6 Å². The van der Waals surface area contributed by atoms with Gasteiger partial charge in [-0.2, -0.15) is 0 Å². The van der Waals surface area contributed by atoms with Crippen molar-refractivity contribution in [2.75, 3.05) is 26.2 Å². The molecule has 2 rings (SSSR count). The fourth-order valence-corrected chi connectivity index (χ4v) is 3.12. The second-order valence-electron chi connectivity index (χ2n) is 6.96. The molecule has 0 aliphatic carbocycles. The highest BCUT2D eigenvalue weighted by atomic mass is 19.1. The summed E-state index contributed by atoms with van der Waals surface area (Å²) in [5, 5.41) is 0. The van der Waals surface area contributed by atoms with E-state index >= 15 is 0 Å². The molecule has 0 aliphatic rings. The molecule has 0 amide bonds. The van der Waals surface area contributed by atoms with E-state index in [4.69, 9.17) is 4.74 Å². The Balaban J connectivity index is 1.89. The van der Waals surface area contributed by atoms with Crippen molar-refractivity contribution in [1.29, 1.82) is 0 Å². The third-order valence-electron chi connectivity index (χ3n) is 4.97. The Hall–Kier alpha value is -2.74. The number of ketones is 1. The number of nitrogens with zero attached hydrogens (tertiary/aromatic N) is 3. The van der Waals surface area contributed by atoms with E-state index in [2.05, 4.69) is 4.90 Å². The van der Waals surface area contributed by atoms with Crippen molar-refractivity contribution in [1.82, 2.24) is 14.0 Å². The molecule has 1 aromatic heterocycles. The van der Waals surface area contributed by atoms with Crippen LogP contribution in [0.2, 0.25) is 0 Å². The van der Waals surface area contributed by atoms with Gasteiger partial charge in [0.05, 0.1) is 5.56 Å². The lowest BCUT2D eigenvalue weighted by molar-refractivity contribution is 0.101. The highest BCUT2D eigenvalue weighted by Gasteiger charge is 2.11. The maximum Gasteiger partial charge on any atom is 0.330 e. The fraction of sp³-hybridized carbons (Fsp3) is 0.476. The van der Waals surface area contributed by atoms with Crippen molar-refractivity contribution >= 4 is 5.78 Å². The number of Topliss-reactive ketones (excluding diaryl/α,β-unsaturated/α-hetero) is 1. The predicted molar refractivity (Wildman–Crippen MR) is 109 cm³/mol. The van der Waals surface area contributed by atoms with Crippen molar-refractivity contribution in [3.63, 3.8) is 0 Å². The average Bonchev–Trinajstić information content (AvgIpc) is 2.69. The Morgan fingerprint density at radius 3 is 2.52 bits per heavy atom. The number of aromatic nitrogens is 2. The largest absolute Gasteiger partial charge is 0.491 e. The molecule has 7 nitrogen and oxygen atoms in total. The second-order valence-corrected chi connectivity index (χ2v) is 6.96. The third kappa shape index (κ3) is 5.87. The number of hydrogen-bond donors (Lipinski definition) is 0. The summed E-state index contributed by atoms with van der Waals surface area (Å²) in [4.78, 5) is 37.6. The molecule has 0 saturated heterocycles. The first kappa shape index (κ1) is 22.5. The third-order valence-corrected chi connectivity index (χ3v) is 4.97. The first-order valence-electron chi connectivity index (χ1n) is 9.66. The first-order valence-corrected chi connectivity index (χ1v) is 9.66. The number of hydrogen-bond acceptors (Lipinski definition) is 5. The Morgan fingerprint density at radius 1 is 1.14 bits per heavy atom. The van der Waals surface area contributed by atoms with Crippen LogP contribution in [0.15, 0.2) is 33.9 Å². The minimum Gasteiger partial charge on any atom is -0.491 e. The van der Waals surface area contributed by atoms with E-state index in [1.54, 1.807) is 7.05 Å². The SMILES string of the molecule is CCN(CCCc1cc(=O)n(C)c(=O)n1C)CCOc1ccc(F)cc1C(C)=O. The Morgan fingerprint density at radius 2 is 1.86 bits per heavy atom. The minimum absolute atomic E-state index is 0.236. The lowest BCUT2D eigenvalue weighted by Crippen LogP contribution is -2.38. The van der Waals surface area contributed by atoms with E-state index in [0.717, 1.165) is 24.1 Å². The first-order chi connectivity index (χ1) is 13.7. The molecule has 29 heavy (non-hydrogen) atoms. The van der Waals surface area contributed by atoms with Crippen LogP contribution in [0.25, 0.3) is 0 Å². The van der Waals surface area contributed by atoms with Gasteiger partial charge in [-0.3, -0.25) is 14.2 Å². The Labute approximate surface area is 169 Å². The van der Waals surface area contributed by atoms with Gasteiger partial charge in [0, 0.05) is 32.4 Å². The van der Waals surface area contributed by atoms with Crippen LogP contribution in [0.4, 0.5) is 4.39 Å². The van der Waals surface area contributed by atoms with Gasteiger partial charge >= 0.3 is 5.69 Å².